The number of hydrogen-bond acceptors (Lipinski definition) is 5. The number of anilines is 1. The van der Waals surface area contributed by atoms with Crippen molar-refractivity contribution in [1.29, 1.82) is 0 Å². The lowest BCUT2D eigenvalue weighted by molar-refractivity contribution is -0.384. The lowest BCUT2D eigenvalue weighted by Gasteiger charge is -2.04. The Morgan fingerprint density at radius 1 is 1.30 bits per heavy atom. The Kier molecular flexibility index (Phi) is 5.81. The van der Waals surface area contributed by atoms with Crippen LogP contribution < -0.4 is 5.32 Å². The molecule has 118 valence electrons. The lowest BCUT2D eigenvalue weighted by Crippen LogP contribution is -2.16. The molecule has 2 rings (SSSR count). The summed E-state index contributed by atoms with van der Waals surface area (Å²) in [6.45, 7) is -0.262. The van der Waals surface area contributed by atoms with Crippen LogP contribution in [-0.2, 0) is 9.63 Å². The highest BCUT2D eigenvalue weighted by atomic mass is 79.9. The number of benzene rings is 2. The minimum Gasteiger partial charge on any atom is -0.386 e. The largest absolute Gasteiger partial charge is 0.386 e. The molecule has 0 aromatic heterocycles. The van der Waals surface area contributed by atoms with Crippen molar-refractivity contribution >= 4 is 39.4 Å². The maximum atomic E-state index is 11.6. The molecule has 8 heteroatoms. The zero-order valence-electron chi connectivity index (χ0n) is 11.8. The fourth-order valence-corrected chi connectivity index (χ4v) is 1.91. The molecule has 1 amide bonds. The molecule has 2 aromatic rings. The van der Waals surface area contributed by atoms with E-state index in [2.05, 4.69) is 26.4 Å². The molecule has 0 unspecified atom stereocenters. The Labute approximate surface area is 140 Å². The molecule has 0 aliphatic rings. The van der Waals surface area contributed by atoms with Crippen molar-refractivity contribution in [3.05, 3.63) is 68.7 Å². The van der Waals surface area contributed by atoms with Gasteiger partial charge >= 0.3 is 0 Å². The smallest absolute Gasteiger partial charge is 0.270 e. The van der Waals surface area contributed by atoms with Crippen molar-refractivity contribution in [3.63, 3.8) is 0 Å². The highest BCUT2D eigenvalue weighted by molar-refractivity contribution is 9.10. The maximum absolute atomic E-state index is 11.6. The molecule has 23 heavy (non-hydrogen) atoms. The highest BCUT2D eigenvalue weighted by Gasteiger charge is 2.05. The first-order chi connectivity index (χ1) is 11.0. The molecule has 0 saturated carbocycles. The van der Waals surface area contributed by atoms with E-state index in [9.17, 15) is 14.9 Å². The molecule has 0 saturated heterocycles. The number of nitrogens with one attached hydrogen (secondary N) is 1. The molecular formula is C15H12BrN3O4. The van der Waals surface area contributed by atoms with Gasteiger partial charge in [-0.2, -0.15) is 0 Å². The normalized spacial score (nSPS) is 10.5. The third kappa shape index (κ3) is 5.51. The summed E-state index contributed by atoms with van der Waals surface area (Å²) in [5, 5.41) is 16.9. The van der Waals surface area contributed by atoms with Crippen LogP contribution in [0, 0.1) is 10.1 Å². The number of nitro benzene ring substituents is 1. The second-order valence-electron chi connectivity index (χ2n) is 4.42. The van der Waals surface area contributed by atoms with Gasteiger partial charge in [-0.05, 0) is 24.3 Å². The quantitative estimate of drug-likeness (QED) is 0.474. The molecule has 1 N–H and O–H groups in total. The third-order valence-corrected chi connectivity index (χ3v) is 3.21. The van der Waals surface area contributed by atoms with Gasteiger partial charge in [0.2, 0.25) is 0 Å². The van der Waals surface area contributed by atoms with Gasteiger partial charge in [-0.3, -0.25) is 14.9 Å². The van der Waals surface area contributed by atoms with Crippen LogP contribution in [0.1, 0.15) is 5.56 Å². The van der Waals surface area contributed by atoms with E-state index in [1.54, 1.807) is 36.4 Å². The van der Waals surface area contributed by atoms with Gasteiger partial charge < -0.3 is 10.2 Å². The molecule has 0 aliphatic carbocycles. The Bertz CT molecular complexity index is 732. The van der Waals surface area contributed by atoms with Crippen LogP contribution >= 0.6 is 15.9 Å². The number of halogens is 1. The number of oxime groups is 1. The first-order valence-electron chi connectivity index (χ1n) is 6.50. The topological polar surface area (TPSA) is 93.8 Å². The van der Waals surface area contributed by atoms with Crippen molar-refractivity contribution in [3.8, 4) is 0 Å². The summed E-state index contributed by atoms with van der Waals surface area (Å²) >= 11 is 3.30. The second-order valence-corrected chi connectivity index (χ2v) is 5.33. The lowest BCUT2D eigenvalue weighted by atomic mass is 10.2. The first-order valence-corrected chi connectivity index (χ1v) is 7.29. The second kappa shape index (κ2) is 8.04. The van der Waals surface area contributed by atoms with Gasteiger partial charge in [0.1, 0.15) is 0 Å². The van der Waals surface area contributed by atoms with E-state index in [0.717, 1.165) is 4.47 Å². The van der Waals surface area contributed by atoms with Crippen molar-refractivity contribution < 1.29 is 14.6 Å². The minimum atomic E-state index is -0.496. The number of nitrogens with zero attached hydrogens (tertiary/aromatic N) is 2. The van der Waals surface area contributed by atoms with Crippen LogP contribution in [0.25, 0.3) is 0 Å². The summed E-state index contributed by atoms with van der Waals surface area (Å²) in [4.78, 5) is 26.7. The molecule has 0 fully saturated rings. The SMILES string of the molecule is O=C(CO/N=C\c1cccc([N+](=O)[O-])c1)Nc1ccc(Br)cc1. The van der Waals surface area contributed by atoms with Gasteiger partial charge in [-0.15, -0.1) is 0 Å². The van der Waals surface area contributed by atoms with E-state index in [1.165, 1.54) is 18.3 Å². The van der Waals surface area contributed by atoms with Gasteiger partial charge in [0.05, 0.1) is 11.1 Å². The Morgan fingerprint density at radius 2 is 2.04 bits per heavy atom. The van der Waals surface area contributed by atoms with E-state index >= 15 is 0 Å². The van der Waals surface area contributed by atoms with Gasteiger partial charge in [0.15, 0.2) is 6.61 Å². The van der Waals surface area contributed by atoms with Crippen LogP contribution in [0.3, 0.4) is 0 Å². The predicted molar refractivity (Wildman–Crippen MR) is 89.4 cm³/mol. The molecule has 0 radical (unpaired) electrons. The van der Waals surface area contributed by atoms with Gasteiger partial charge in [0, 0.05) is 27.9 Å². The summed E-state index contributed by atoms with van der Waals surface area (Å²) < 4.78 is 0.910. The molecule has 0 aliphatic heterocycles. The summed E-state index contributed by atoms with van der Waals surface area (Å²) in [6.07, 6.45) is 1.31. The van der Waals surface area contributed by atoms with Crippen LogP contribution in [0.15, 0.2) is 58.2 Å². The zero-order chi connectivity index (χ0) is 16.7. The standard InChI is InChI=1S/C15H12BrN3O4/c16-12-4-6-13(7-5-12)18-15(20)10-23-17-9-11-2-1-3-14(8-11)19(21)22/h1-9H,10H2,(H,18,20)/b17-9-. The van der Waals surface area contributed by atoms with Crippen LogP contribution in [-0.4, -0.2) is 23.7 Å². The van der Waals surface area contributed by atoms with Crippen LogP contribution in [0.4, 0.5) is 11.4 Å². The highest BCUT2D eigenvalue weighted by Crippen LogP contribution is 2.14. The fraction of sp³-hybridized carbons (Fsp3) is 0.0667. The predicted octanol–water partition coefficient (Wildman–Crippen LogP) is 3.35. The fourth-order valence-electron chi connectivity index (χ4n) is 1.64. The van der Waals surface area contributed by atoms with Gasteiger partial charge in [0.25, 0.3) is 11.6 Å². The zero-order valence-corrected chi connectivity index (χ0v) is 13.4. The average Bonchev–Trinajstić information content (AvgIpc) is 2.54. The van der Waals surface area contributed by atoms with E-state index < -0.39 is 4.92 Å². The number of carbonyl (C=O) groups excluding carboxylic acids is 1. The number of carbonyl (C=O) groups is 1. The summed E-state index contributed by atoms with van der Waals surface area (Å²) in [5.74, 6) is -0.358. The van der Waals surface area contributed by atoms with Gasteiger partial charge in [-0.1, -0.05) is 33.2 Å². The Balaban J connectivity index is 1.82. The van der Waals surface area contributed by atoms with Gasteiger partial charge in [-0.25, -0.2) is 0 Å². The Morgan fingerprint density at radius 3 is 2.74 bits per heavy atom. The molecule has 0 bridgehead atoms. The third-order valence-electron chi connectivity index (χ3n) is 2.68. The first kappa shape index (κ1) is 16.6. The summed E-state index contributed by atoms with van der Waals surface area (Å²) in [6, 6.07) is 13.0. The number of hydrogen-bond donors (Lipinski definition) is 1. The van der Waals surface area contributed by atoms with Crippen LogP contribution in [0.2, 0.25) is 0 Å². The van der Waals surface area contributed by atoms with E-state index in [0.29, 0.717) is 11.3 Å². The maximum Gasteiger partial charge on any atom is 0.270 e. The van der Waals surface area contributed by atoms with Crippen molar-refractivity contribution in [2.24, 2.45) is 5.16 Å². The van der Waals surface area contributed by atoms with Crippen LogP contribution in [0.5, 0.6) is 0 Å². The van der Waals surface area contributed by atoms with E-state index in [-0.39, 0.29) is 18.2 Å². The molecule has 0 spiro atoms. The van der Waals surface area contributed by atoms with E-state index in [1.807, 2.05) is 0 Å². The molecule has 7 nitrogen and oxygen atoms in total. The number of amides is 1. The van der Waals surface area contributed by atoms with Crippen molar-refractivity contribution in [2.75, 3.05) is 11.9 Å². The minimum absolute atomic E-state index is 0.0399. The molecule has 2 aromatic carbocycles. The summed E-state index contributed by atoms with van der Waals surface area (Å²) in [7, 11) is 0. The van der Waals surface area contributed by atoms with Crippen molar-refractivity contribution in [1.82, 2.24) is 0 Å². The monoisotopic (exact) mass is 377 g/mol. The average molecular weight is 378 g/mol. The molecule has 0 atom stereocenters. The number of rotatable bonds is 6. The number of nitro groups is 1. The Hall–Kier alpha value is -2.74. The van der Waals surface area contributed by atoms with E-state index in [4.69, 9.17) is 4.84 Å². The summed E-state index contributed by atoms with van der Waals surface area (Å²) in [5.41, 5.74) is 1.11. The number of non-ortho nitro benzene ring substituents is 1. The molecule has 0 heterocycles. The molecular weight excluding hydrogens is 366 g/mol. The van der Waals surface area contributed by atoms with Crippen molar-refractivity contribution in [2.45, 2.75) is 0 Å².